The molecule has 20 heavy (non-hydrogen) atoms. The molecule has 0 bridgehead atoms. The maximum atomic E-state index is 11.9. The summed E-state index contributed by atoms with van der Waals surface area (Å²) in [6.07, 6.45) is 2.64. The molecule has 0 radical (unpaired) electrons. The maximum Gasteiger partial charge on any atom is 0.338 e. The van der Waals surface area contributed by atoms with Crippen LogP contribution in [0.2, 0.25) is 0 Å². The van der Waals surface area contributed by atoms with Crippen molar-refractivity contribution in [2.45, 2.75) is 32.9 Å². The van der Waals surface area contributed by atoms with Crippen LogP contribution in [0.15, 0.2) is 18.2 Å². The van der Waals surface area contributed by atoms with Crippen molar-refractivity contribution in [2.75, 3.05) is 0 Å². The summed E-state index contributed by atoms with van der Waals surface area (Å²) in [4.78, 5) is 30.2. The first-order valence-corrected chi connectivity index (χ1v) is 7.66. The second-order valence-corrected chi connectivity index (χ2v) is 7.51. The van der Waals surface area contributed by atoms with Crippen LogP contribution in [0.4, 0.5) is 0 Å². The second kappa shape index (κ2) is 5.52. The number of phenolic OH excluding ortho intramolecular Hbond substituents is 1. The normalized spacial score (nSPS) is 12.9. The van der Waals surface area contributed by atoms with Gasteiger partial charge in [-0.1, -0.05) is 6.08 Å². The Morgan fingerprint density at radius 2 is 1.65 bits per heavy atom. The highest BCUT2D eigenvalue weighted by Crippen LogP contribution is 2.50. The van der Waals surface area contributed by atoms with Crippen molar-refractivity contribution >= 4 is 19.5 Å². The van der Waals surface area contributed by atoms with Crippen LogP contribution < -0.4 is 0 Å². The molecule has 6 heteroatoms. The number of hydrogen-bond donors (Lipinski definition) is 3. The number of carbonyl (C=O) groups excluding carboxylic acids is 1. The average Bonchev–Trinajstić information content (AvgIpc) is 2.31. The third-order valence-corrected chi connectivity index (χ3v) is 4.95. The molecule has 0 heterocycles. The molecule has 0 atom stereocenters. The zero-order chi connectivity index (χ0) is 15.7. The van der Waals surface area contributed by atoms with Crippen LogP contribution in [0, 0.1) is 13.8 Å². The molecule has 3 N–H and O–H groups in total. The number of benzene rings is 1. The number of carbonyl (C=O) groups is 1. The van der Waals surface area contributed by atoms with Gasteiger partial charge in [0.1, 0.15) is 10.9 Å². The number of aryl methyl sites for hydroxylation is 2. The van der Waals surface area contributed by atoms with Gasteiger partial charge in [-0.05, 0) is 62.6 Å². The first-order chi connectivity index (χ1) is 8.96. The maximum absolute atomic E-state index is 11.9. The van der Waals surface area contributed by atoms with Gasteiger partial charge in [-0.3, -0.25) is 9.36 Å². The molecule has 0 amide bonds. The quantitative estimate of drug-likeness (QED) is 0.586. The summed E-state index contributed by atoms with van der Waals surface area (Å²) in [6, 6.07) is 3.38. The van der Waals surface area contributed by atoms with E-state index in [1.165, 1.54) is 19.9 Å². The molecule has 0 aliphatic rings. The lowest BCUT2D eigenvalue weighted by Gasteiger charge is -2.22. The van der Waals surface area contributed by atoms with Crippen molar-refractivity contribution in [1.29, 1.82) is 0 Å². The fourth-order valence-corrected chi connectivity index (χ4v) is 1.97. The summed E-state index contributed by atoms with van der Waals surface area (Å²) >= 11 is 0. The zero-order valence-corrected chi connectivity index (χ0v) is 12.8. The van der Waals surface area contributed by atoms with Crippen LogP contribution in [0.25, 0.3) is 6.08 Å². The summed E-state index contributed by atoms with van der Waals surface area (Å²) in [5.41, 5.74) is 2.03. The van der Waals surface area contributed by atoms with E-state index in [0.717, 1.165) is 6.08 Å². The van der Waals surface area contributed by atoms with Crippen molar-refractivity contribution in [2.24, 2.45) is 0 Å². The third kappa shape index (κ3) is 3.37. The molecular weight excluding hydrogens is 279 g/mol. The highest BCUT2D eigenvalue weighted by atomic mass is 31.2. The van der Waals surface area contributed by atoms with Crippen LogP contribution in [0.5, 0.6) is 5.75 Å². The smallest absolute Gasteiger partial charge is 0.338 e. The van der Waals surface area contributed by atoms with Crippen molar-refractivity contribution < 1.29 is 24.3 Å². The number of allylic oxidation sites excluding steroid dienone is 1. The number of phenols is 1. The van der Waals surface area contributed by atoms with E-state index < -0.39 is 18.5 Å². The number of rotatable bonds is 4. The Kier molecular flexibility index (Phi) is 4.59. The standard InChI is InChI=1S/C14H19O5P/c1-9-7-11(8-10(2)13(9)16)5-6-12(15)14(3,4)20(17,18)19/h5-8,16H,1-4H3,(H2,17,18,19). The van der Waals surface area contributed by atoms with E-state index in [2.05, 4.69) is 0 Å². The minimum atomic E-state index is -4.51. The Hall–Kier alpha value is -1.42. The first kappa shape index (κ1) is 16.6. The minimum Gasteiger partial charge on any atom is -0.507 e. The monoisotopic (exact) mass is 298 g/mol. The lowest BCUT2D eigenvalue weighted by atomic mass is 10.0. The largest absolute Gasteiger partial charge is 0.507 e. The molecule has 0 fully saturated rings. The molecule has 0 aromatic heterocycles. The van der Waals surface area contributed by atoms with E-state index in [-0.39, 0.29) is 5.75 Å². The van der Waals surface area contributed by atoms with E-state index in [1.54, 1.807) is 26.0 Å². The lowest BCUT2D eigenvalue weighted by Crippen LogP contribution is -2.29. The topological polar surface area (TPSA) is 94.8 Å². The van der Waals surface area contributed by atoms with E-state index in [9.17, 15) is 14.5 Å². The molecular formula is C14H19O5P. The van der Waals surface area contributed by atoms with Gasteiger partial charge < -0.3 is 14.9 Å². The van der Waals surface area contributed by atoms with Crippen molar-refractivity contribution in [3.8, 4) is 5.75 Å². The van der Waals surface area contributed by atoms with Crippen LogP contribution in [-0.4, -0.2) is 25.8 Å². The number of aromatic hydroxyl groups is 1. The Morgan fingerprint density at radius 3 is 2.05 bits per heavy atom. The molecule has 0 aliphatic heterocycles. The predicted molar refractivity (Wildman–Crippen MR) is 77.7 cm³/mol. The van der Waals surface area contributed by atoms with Gasteiger partial charge >= 0.3 is 7.60 Å². The highest BCUT2D eigenvalue weighted by Gasteiger charge is 2.43. The van der Waals surface area contributed by atoms with Gasteiger partial charge in [-0.25, -0.2) is 0 Å². The fourth-order valence-electron chi connectivity index (χ4n) is 1.61. The predicted octanol–water partition coefficient (Wildman–Crippen LogP) is 2.55. The molecule has 110 valence electrons. The molecule has 0 spiro atoms. The Morgan fingerprint density at radius 1 is 1.20 bits per heavy atom. The number of hydrogen-bond acceptors (Lipinski definition) is 3. The van der Waals surface area contributed by atoms with Crippen molar-refractivity contribution in [1.82, 2.24) is 0 Å². The zero-order valence-electron chi connectivity index (χ0n) is 11.9. The first-order valence-electron chi connectivity index (χ1n) is 6.05. The molecule has 0 saturated heterocycles. The average molecular weight is 298 g/mol. The molecule has 1 aromatic carbocycles. The Labute approximate surface area is 118 Å². The van der Waals surface area contributed by atoms with Crippen molar-refractivity contribution in [3.05, 3.63) is 34.9 Å². The Bertz CT molecular complexity index is 587. The molecule has 0 aliphatic carbocycles. The van der Waals surface area contributed by atoms with E-state index in [4.69, 9.17) is 9.79 Å². The van der Waals surface area contributed by atoms with E-state index in [0.29, 0.717) is 16.7 Å². The van der Waals surface area contributed by atoms with E-state index in [1.807, 2.05) is 0 Å². The highest BCUT2D eigenvalue weighted by molar-refractivity contribution is 7.54. The van der Waals surface area contributed by atoms with Crippen molar-refractivity contribution in [3.63, 3.8) is 0 Å². The van der Waals surface area contributed by atoms with Gasteiger partial charge in [0.15, 0.2) is 5.78 Å². The van der Waals surface area contributed by atoms with Gasteiger partial charge in [-0.15, -0.1) is 0 Å². The summed E-state index contributed by atoms with van der Waals surface area (Å²) in [7, 11) is -4.51. The van der Waals surface area contributed by atoms with Gasteiger partial charge in [-0.2, -0.15) is 0 Å². The van der Waals surface area contributed by atoms with Gasteiger partial charge in [0, 0.05) is 0 Å². The molecule has 5 nitrogen and oxygen atoms in total. The molecule has 0 unspecified atom stereocenters. The van der Waals surface area contributed by atoms with Crippen LogP contribution in [-0.2, 0) is 9.36 Å². The lowest BCUT2D eigenvalue weighted by molar-refractivity contribution is -0.116. The summed E-state index contributed by atoms with van der Waals surface area (Å²) < 4.78 is 11.3. The molecule has 1 rings (SSSR count). The minimum absolute atomic E-state index is 0.198. The third-order valence-electron chi connectivity index (χ3n) is 3.27. The van der Waals surface area contributed by atoms with Crippen LogP contribution >= 0.6 is 7.60 Å². The molecule has 1 aromatic rings. The summed E-state index contributed by atoms with van der Waals surface area (Å²) in [5.74, 6) is -0.446. The Balaban J connectivity index is 3.05. The number of ketones is 1. The van der Waals surface area contributed by atoms with Crippen LogP contribution in [0.3, 0.4) is 0 Å². The SMILES string of the molecule is Cc1cc(C=CC(=O)C(C)(C)P(=O)(O)O)cc(C)c1O. The van der Waals surface area contributed by atoms with Gasteiger partial charge in [0.25, 0.3) is 0 Å². The second-order valence-electron chi connectivity index (χ2n) is 5.30. The summed E-state index contributed by atoms with van der Waals surface area (Å²) in [5, 5.41) is 7.90. The molecule has 0 saturated carbocycles. The van der Waals surface area contributed by atoms with Gasteiger partial charge in [0.2, 0.25) is 0 Å². The van der Waals surface area contributed by atoms with Crippen LogP contribution in [0.1, 0.15) is 30.5 Å². The van der Waals surface area contributed by atoms with Gasteiger partial charge in [0.05, 0.1) is 0 Å². The fraction of sp³-hybridized carbons (Fsp3) is 0.357. The van der Waals surface area contributed by atoms with E-state index >= 15 is 0 Å². The summed E-state index contributed by atoms with van der Waals surface area (Å²) in [6.45, 7) is 5.91.